The van der Waals surface area contributed by atoms with Gasteiger partial charge in [0.25, 0.3) is 0 Å². The summed E-state index contributed by atoms with van der Waals surface area (Å²) >= 11 is 0. The summed E-state index contributed by atoms with van der Waals surface area (Å²) in [5.74, 6) is 0.854. The van der Waals surface area contributed by atoms with Crippen LogP contribution >= 0.6 is 0 Å². The van der Waals surface area contributed by atoms with Gasteiger partial charge in [-0.1, -0.05) is 36.4 Å². The third-order valence-corrected chi connectivity index (χ3v) is 6.21. The topological polar surface area (TPSA) is 59.5 Å². The standard InChI is InChI=1S/C19H24N2O3S/c1-16-7-5-11-19(20-16)24-14-18-10-6-12-21(13-18)25(22,23)15-17-8-3-2-4-9-17/h2-5,7-9,11,18H,6,10,12-15H2,1H3. The Bertz CT molecular complexity index is 793. The highest BCUT2D eigenvalue weighted by Crippen LogP contribution is 2.22. The summed E-state index contributed by atoms with van der Waals surface area (Å²) in [6.07, 6.45) is 1.84. The second kappa shape index (κ2) is 7.97. The van der Waals surface area contributed by atoms with E-state index in [1.807, 2.05) is 55.5 Å². The molecule has 5 nitrogen and oxygen atoms in total. The Morgan fingerprint density at radius 2 is 1.96 bits per heavy atom. The summed E-state index contributed by atoms with van der Waals surface area (Å²) in [5.41, 5.74) is 1.73. The van der Waals surface area contributed by atoms with Crippen LogP contribution in [0.15, 0.2) is 48.5 Å². The third-order valence-electron chi connectivity index (χ3n) is 4.40. The molecule has 134 valence electrons. The van der Waals surface area contributed by atoms with E-state index in [9.17, 15) is 8.42 Å². The van der Waals surface area contributed by atoms with Crippen molar-refractivity contribution in [1.29, 1.82) is 0 Å². The van der Waals surface area contributed by atoms with E-state index in [2.05, 4.69) is 4.98 Å². The van der Waals surface area contributed by atoms with Gasteiger partial charge in [0.15, 0.2) is 0 Å². The Morgan fingerprint density at radius 1 is 1.16 bits per heavy atom. The van der Waals surface area contributed by atoms with E-state index in [1.165, 1.54) is 0 Å². The molecule has 0 saturated carbocycles. The minimum Gasteiger partial charge on any atom is -0.477 e. The van der Waals surface area contributed by atoms with Crippen LogP contribution < -0.4 is 4.74 Å². The average molecular weight is 360 g/mol. The van der Waals surface area contributed by atoms with Crippen molar-refractivity contribution < 1.29 is 13.2 Å². The first-order chi connectivity index (χ1) is 12.0. The number of hydrogen-bond acceptors (Lipinski definition) is 4. The number of piperidine rings is 1. The molecule has 0 radical (unpaired) electrons. The summed E-state index contributed by atoms with van der Waals surface area (Å²) in [4.78, 5) is 4.33. The van der Waals surface area contributed by atoms with Crippen molar-refractivity contribution in [1.82, 2.24) is 9.29 Å². The minimum absolute atomic E-state index is 0.0564. The van der Waals surface area contributed by atoms with E-state index in [-0.39, 0.29) is 11.7 Å². The molecular formula is C19H24N2O3S. The highest BCUT2D eigenvalue weighted by molar-refractivity contribution is 7.88. The van der Waals surface area contributed by atoms with E-state index in [4.69, 9.17) is 4.74 Å². The number of sulfonamides is 1. The van der Waals surface area contributed by atoms with Gasteiger partial charge in [-0.15, -0.1) is 0 Å². The third kappa shape index (κ3) is 5.03. The predicted molar refractivity (Wildman–Crippen MR) is 97.8 cm³/mol. The fourth-order valence-corrected chi connectivity index (χ4v) is 4.73. The average Bonchev–Trinajstić information content (AvgIpc) is 2.61. The van der Waals surface area contributed by atoms with Gasteiger partial charge in [0, 0.05) is 30.8 Å². The van der Waals surface area contributed by atoms with E-state index in [0.29, 0.717) is 25.6 Å². The number of rotatable bonds is 6. The Kier molecular flexibility index (Phi) is 5.71. The van der Waals surface area contributed by atoms with Gasteiger partial charge in [-0.25, -0.2) is 17.7 Å². The quantitative estimate of drug-likeness (QED) is 0.794. The molecule has 1 unspecified atom stereocenters. The van der Waals surface area contributed by atoms with Crippen LogP contribution in [0.4, 0.5) is 0 Å². The Hall–Kier alpha value is -1.92. The Morgan fingerprint density at radius 3 is 2.72 bits per heavy atom. The Labute approximate surface area is 149 Å². The normalized spacial score (nSPS) is 18.8. The van der Waals surface area contributed by atoms with Gasteiger partial charge in [-0.3, -0.25) is 0 Å². The summed E-state index contributed by atoms with van der Waals surface area (Å²) < 4.78 is 32.8. The van der Waals surface area contributed by atoms with E-state index >= 15 is 0 Å². The van der Waals surface area contributed by atoms with Crippen LogP contribution in [0.25, 0.3) is 0 Å². The molecular weight excluding hydrogens is 336 g/mol. The molecule has 2 aromatic rings. The maximum absolute atomic E-state index is 12.7. The summed E-state index contributed by atoms with van der Waals surface area (Å²) in [7, 11) is -3.30. The molecule has 1 atom stereocenters. The fraction of sp³-hybridized carbons (Fsp3) is 0.421. The van der Waals surface area contributed by atoms with E-state index < -0.39 is 10.0 Å². The van der Waals surface area contributed by atoms with Gasteiger partial charge in [0.1, 0.15) is 0 Å². The minimum atomic E-state index is -3.30. The molecule has 1 saturated heterocycles. The number of aromatic nitrogens is 1. The van der Waals surface area contributed by atoms with Crippen LogP contribution in [0.3, 0.4) is 0 Å². The molecule has 0 aliphatic carbocycles. The van der Waals surface area contributed by atoms with Crippen LogP contribution in [-0.2, 0) is 15.8 Å². The van der Waals surface area contributed by atoms with Crippen LogP contribution in [0.5, 0.6) is 5.88 Å². The van der Waals surface area contributed by atoms with Crippen molar-refractivity contribution in [3.05, 3.63) is 59.8 Å². The molecule has 1 aromatic carbocycles. The molecule has 1 aliphatic rings. The molecule has 1 aromatic heterocycles. The lowest BCUT2D eigenvalue weighted by Gasteiger charge is -2.31. The molecule has 6 heteroatoms. The molecule has 0 spiro atoms. The maximum atomic E-state index is 12.7. The van der Waals surface area contributed by atoms with Crippen molar-refractivity contribution in [2.45, 2.75) is 25.5 Å². The predicted octanol–water partition coefficient (Wildman–Crippen LogP) is 3.01. The maximum Gasteiger partial charge on any atom is 0.218 e. The molecule has 25 heavy (non-hydrogen) atoms. The van der Waals surface area contributed by atoms with Crippen molar-refractivity contribution in [3.8, 4) is 5.88 Å². The van der Waals surface area contributed by atoms with Crippen LogP contribution in [0, 0.1) is 12.8 Å². The van der Waals surface area contributed by atoms with Gasteiger partial charge in [0.2, 0.25) is 15.9 Å². The number of benzene rings is 1. The number of hydrogen-bond donors (Lipinski definition) is 0. The first kappa shape index (κ1) is 17.9. The molecule has 3 rings (SSSR count). The summed E-state index contributed by atoms with van der Waals surface area (Å²) in [6.45, 7) is 3.52. The smallest absolute Gasteiger partial charge is 0.218 e. The Balaban J connectivity index is 1.58. The fourth-order valence-electron chi connectivity index (χ4n) is 3.09. The van der Waals surface area contributed by atoms with Crippen molar-refractivity contribution in [2.75, 3.05) is 19.7 Å². The van der Waals surface area contributed by atoms with Gasteiger partial charge in [0.05, 0.1) is 12.4 Å². The van der Waals surface area contributed by atoms with Gasteiger partial charge in [-0.2, -0.15) is 0 Å². The van der Waals surface area contributed by atoms with Crippen molar-refractivity contribution >= 4 is 10.0 Å². The van der Waals surface area contributed by atoms with Crippen LogP contribution in [-0.4, -0.2) is 37.4 Å². The van der Waals surface area contributed by atoms with Crippen LogP contribution in [0.2, 0.25) is 0 Å². The molecule has 2 heterocycles. The van der Waals surface area contributed by atoms with Crippen molar-refractivity contribution in [3.63, 3.8) is 0 Å². The second-order valence-corrected chi connectivity index (χ2v) is 8.51. The summed E-state index contributed by atoms with van der Waals surface area (Å²) in [6, 6.07) is 15.0. The molecule has 0 N–H and O–H groups in total. The lowest BCUT2D eigenvalue weighted by Crippen LogP contribution is -2.42. The number of aryl methyl sites for hydroxylation is 1. The number of ether oxygens (including phenoxy) is 1. The van der Waals surface area contributed by atoms with Crippen molar-refractivity contribution in [2.24, 2.45) is 5.92 Å². The number of nitrogens with zero attached hydrogens (tertiary/aromatic N) is 2. The van der Waals surface area contributed by atoms with Gasteiger partial charge < -0.3 is 4.74 Å². The molecule has 0 amide bonds. The number of pyridine rings is 1. The van der Waals surface area contributed by atoms with Gasteiger partial charge in [-0.05, 0) is 31.4 Å². The first-order valence-corrected chi connectivity index (χ1v) is 10.2. The van der Waals surface area contributed by atoms with Gasteiger partial charge >= 0.3 is 0 Å². The first-order valence-electron chi connectivity index (χ1n) is 8.61. The zero-order valence-corrected chi connectivity index (χ0v) is 15.3. The largest absolute Gasteiger partial charge is 0.477 e. The highest BCUT2D eigenvalue weighted by Gasteiger charge is 2.29. The zero-order chi connectivity index (χ0) is 17.7. The second-order valence-electron chi connectivity index (χ2n) is 6.54. The van der Waals surface area contributed by atoms with E-state index in [1.54, 1.807) is 4.31 Å². The van der Waals surface area contributed by atoms with E-state index in [0.717, 1.165) is 24.1 Å². The molecule has 0 bridgehead atoms. The lowest BCUT2D eigenvalue weighted by molar-refractivity contribution is 0.176. The highest BCUT2D eigenvalue weighted by atomic mass is 32.2. The zero-order valence-electron chi connectivity index (χ0n) is 14.5. The monoisotopic (exact) mass is 360 g/mol. The lowest BCUT2D eigenvalue weighted by atomic mass is 10.0. The van der Waals surface area contributed by atoms with Crippen LogP contribution in [0.1, 0.15) is 24.1 Å². The molecule has 1 fully saturated rings. The molecule has 1 aliphatic heterocycles. The SMILES string of the molecule is Cc1cccc(OCC2CCCN(S(=O)(=O)Cc3ccccc3)C2)n1. The summed E-state index contributed by atoms with van der Waals surface area (Å²) in [5, 5.41) is 0.